The van der Waals surface area contributed by atoms with Gasteiger partial charge in [0, 0.05) is 26.1 Å². The minimum atomic E-state index is -0.435. The van der Waals surface area contributed by atoms with Gasteiger partial charge in [-0.25, -0.2) is 4.79 Å². The molecule has 0 atom stereocenters. The van der Waals surface area contributed by atoms with Crippen LogP contribution in [-0.2, 0) is 16.1 Å². The molecule has 1 aromatic carbocycles. The number of benzene rings is 1. The number of nitrogens with two attached hydrogens (primary N) is 1. The minimum absolute atomic E-state index is 0. The fraction of sp³-hybridized carbons (Fsp3) is 0.429. The average molecular weight is 301 g/mol. The number of hydrogen-bond donors (Lipinski definition) is 1. The molecule has 0 fully saturated rings. The van der Waals surface area contributed by atoms with Crippen LogP contribution >= 0.6 is 12.4 Å². The molecule has 0 saturated heterocycles. The first kappa shape index (κ1) is 18.4. The van der Waals surface area contributed by atoms with Crippen LogP contribution in [0.25, 0.3) is 0 Å². The van der Waals surface area contributed by atoms with Gasteiger partial charge in [0.25, 0.3) is 0 Å². The van der Waals surface area contributed by atoms with Gasteiger partial charge in [-0.15, -0.1) is 12.4 Å². The maximum Gasteiger partial charge on any atom is 0.410 e. The number of hydrogen-bond acceptors (Lipinski definition) is 4. The van der Waals surface area contributed by atoms with Crippen molar-refractivity contribution < 1.29 is 14.3 Å². The highest BCUT2D eigenvalue weighted by atomic mass is 35.5. The minimum Gasteiger partial charge on any atom is -0.445 e. The second-order valence-electron chi connectivity index (χ2n) is 4.27. The lowest BCUT2D eigenvalue weighted by Crippen LogP contribution is -2.37. The molecule has 0 aliphatic heterocycles. The van der Waals surface area contributed by atoms with E-state index in [4.69, 9.17) is 10.5 Å². The van der Waals surface area contributed by atoms with Gasteiger partial charge in [0.15, 0.2) is 0 Å². The molecule has 0 heterocycles. The maximum absolute atomic E-state index is 11.9. The second-order valence-corrected chi connectivity index (χ2v) is 4.27. The van der Waals surface area contributed by atoms with E-state index in [1.807, 2.05) is 30.3 Å². The molecule has 0 bridgehead atoms. The van der Waals surface area contributed by atoms with Gasteiger partial charge in [-0.3, -0.25) is 4.79 Å². The summed E-state index contributed by atoms with van der Waals surface area (Å²) in [6, 6.07) is 9.44. The Morgan fingerprint density at radius 3 is 2.40 bits per heavy atom. The number of amides is 1. The lowest BCUT2D eigenvalue weighted by Gasteiger charge is -2.20. The second kappa shape index (κ2) is 10.2. The van der Waals surface area contributed by atoms with Gasteiger partial charge in [-0.05, 0) is 12.5 Å². The van der Waals surface area contributed by atoms with E-state index in [-0.39, 0.29) is 24.8 Å². The van der Waals surface area contributed by atoms with Crippen LogP contribution in [0.3, 0.4) is 0 Å². The largest absolute Gasteiger partial charge is 0.445 e. The van der Waals surface area contributed by atoms with Gasteiger partial charge >= 0.3 is 6.09 Å². The van der Waals surface area contributed by atoms with Crippen LogP contribution in [-0.4, -0.2) is 36.4 Å². The molecule has 6 heteroatoms. The molecule has 0 unspecified atom stereocenters. The smallest absolute Gasteiger partial charge is 0.410 e. The van der Waals surface area contributed by atoms with Gasteiger partial charge in [0.2, 0.25) is 0 Å². The molecule has 0 aliphatic rings. The van der Waals surface area contributed by atoms with Crippen LogP contribution in [0.1, 0.15) is 18.9 Å². The van der Waals surface area contributed by atoms with Crippen molar-refractivity contribution in [3.63, 3.8) is 0 Å². The predicted octanol–water partition coefficient (Wildman–Crippen LogP) is 1.98. The molecule has 0 spiro atoms. The molecule has 20 heavy (non-hydrogen) atoms. The number of rotatable bonds is 7. The summed E-state index contributed by atoms with van der Waals surface area (Å²) in [7, 11) is 0. The van der Waals surface area contributed by atoms with Crippen LogP contribution < -0.4 is 5.73 Å². The predicted molar refractivity (Wildman–Crippen MR) is 79.8 cm³/mol. The Morgan fingerprint density at radius 2 is 1.85 bits per heavy atom. The van der Waals surface area contributed by atoms with Crippen LogP contribution in [0.2, 0.25) is 0 Å². The fourth-order valence-electron chi connectivity index (χ4n) is 1.55. The zero-order chi connectivity index (χ0) is 14.1. The highest BCUT2D eigenvalue weighted by Gasteiger charge is 2.14. The normalized spacial score (nSPS) is 9.50. The highest BCUT2D eigenvalue weighted by molar-refractivity contribution is 5.85. The first-order valence-corrected chi connectivity index (χ1v) is 6.28. The molecular weight excluding hydrogens is 280 g/mol. The quantitative estimate of drug-likeness (QED) is 0.836. The van der Waals surface area contributed by atoms with Gasteiger partial charge in [-0.1, -0.05) is 30.3 Å². The third-order valence-electron chi connectivity index (χ3n) is 2.60. The first-order chi connectivity index (χ1) is 9.13. The number of carbonyl (C=O) groups is 2. The summed E-state index contributed by atoms with van der Waals surface area (Å²) >= 11 is 0. The Labute approximate surface area is 125 Å². The number of nitrogens with zero attached hydrogens (tertiary/aromatic N) is 1. The summed E-state index contributed by atoms with van der Waals surface area (Å²) in [6.07, 6.45) is -0.115. The van der Waals surface area contributed by atoms with E-state index in [0.717, 1.165) is 5.56 Å². The molecular formula is C14H21ClN2O3. The Balaban J connectivity index is 0.00000361. The van der Waals surface area contributed by atoms with Crippen molar-refractivity contribution in [2.24, 2.45) is 5.73 Å². The molecule has 2 N–H and O–H groups in total. The third-order valence-corrected chi connectivity index (χ3v) is 2.60. The standard InChI is InChI=1S/C14H20N2O3.ClH/c1-12(17)7-9-16(10-8-15)14(18)19-11-13-5-3-2-4-6-13;/h2-6H,7-11,15H2,1H3;1H. The highest BCUT2D eigenvalue weighted by Crippen LogP contribution is 2.04. The molecule has 112 valence electrons. The summed E-state index contributed by atoms with van der Waals surface area (Å²) < 4.78 is 5.20. The summed E-state index contributed by atoms with van der Waals surface area (Å²) in [5, 5.41) is 0. The zero-order valence-electron chi connectivity index (χ0n) is 11.6. The molecule has 1 rings (SSSR count). The third kappa shape index (κ3) is 7.11. The van der Waals surface area contributed by atoms with Crippen molar-refractivity contribution in [3.8, 4) is 0 Å². The molecule has 0 saturated carbocycles. The van der Waals surface area contributed by atoms with Crippen LogP contribution in [0.5, 0.6) is 0 Å². The SMILES string of the molecule is CC(=O)CCN(CCN)C(=O)OCc1ccccc1.Cl. The molecule has 0 radical (unpaired) electrons. The van der Waals surface area contributed by atoms with Gasteiger partial charge in [0.05, 0.1) is 0 Å². The van der Waals surface area contributed by atoms with E-state index >= 15 is 0 Å². The summed E-state index contributed by atoms with van der Waals surface area (Å²) in [6.45, 7) is 2.80. The fourth-order valence-corrected chi connectivity index (χ4v) is 1.55. The molecule has 0 aromatic heterocycles. The van der Waals surface area contributed by atoms with E-state index in [1.165, 1.54) is 11.8 Å². The van der Waals surface area contributed by atoms with Crippen molar-refractivity contribution in [2.75, 3.05) is 19.6 Å². The molecule has 0 aliphatic carbocycles. The van der Waals surface area contributed by atoms with E-state index in [1.54, 1.807) is 0 Å². The Bertz CT molecular complexity index is 412. The Hall–Kier alpha value is -1.59. The van der Waals surface area contributed by atoms with Crippen molar-refractivity contribution in [1.82, 2.24) is 4.90 Å². The zero-order valence-corrected chi connectivity index (χ0v) is 12.4. The van der Waals surface area contributed by atoms with E-state index < -0.39 is 6.09 Å². The van der Waals surface area contributed by atoms with E-state index in [9.17, 15) is 9.59 Å². The number of carbonyl (C=O) groups excluding carboxylic acids is 2. The topological polar surface area (TPSA) is 72.6 Å². The first-order valence-electron chi connectivity index (χ1n) is 6.28. The molecule has 5 nitrogen and oxygen atoms in total. The maximum atomic E-state index is 11.9. The molecule has 1 amide bonds. The lowest BCUT2D eigenvalue weighted by molar-refractivity contribution is -0.117. The van der Waals surface area contributed by atoms with Crippen LogP contribution in [0.4, 0.5) is 4.79 Å². The average Bonchev–Trinajstić information content (AvgIpc) is 2.41. The van der Waals surface area contributed by atoms with Gasteiger partial charge in [0.1, 0.15) is 12.4 Å². The van der Waals surface area contributed by atoms with Gasteiger partial charge < -0.3 is 15.4 Å². The summed E-state index contributed by atoms with van der Waals surface area (Å²) in [4.78, 5) is 24.3. The molecule has 1 aromatic rings. The van der Waals surface area contributed by atoms with Gasteiger partial charge in [-0.2, -0.15) is 0 Å². The van der Waals surface area contributed by atoms with E-state index in [2.05, 4.69) is 0 Å². The van der Waals surface area contributed by atoms with Crippen LogP contribution in [0, 0.1) is 0 Å². The van der Waals surface area contributed by atoms with E-state index in [0.29, 0.717) is 26.1 Å². The van der Waals surface area contributed by atoms with Crippen molar-refractivity contribution >= 4 is 24.3 Å². The lowest BCUT2D eigenvalue weighted by atomic mass is 10.2. The van der Waals surface area contributed by atoms with Crippen molar-refractivity contribution in [3.05, 3.63) is 35.9 Å². The van der Waals surface area contributed by atoms with Crippen molar-refractivity contribution in [1.29, 1.82) is 0 Å². The number of Topliss-reactive ketones (excluding diaryl/α,β-unsaturated/α-hetero) is 1. The Morgan fingerprint density at radius 1 is 1.20 bits per heavy atom. The number of ketones is 1. The van der Waals surface area contributed by atoms with Crippen LogP contribution in [0.15, 0.2) is 30.3 Å². The summed E-state index contributed by atoms with van der Waals surface area (Å²) in [5.74, 6) is 0.0397. The summed E-state index contributed by atoms with van der Waals surface area (Å²) in [5.41, 5.74) is 6.37. The monoisotopic (exact) mass is 300 g/mol. The Kier molecular flexibility index (Phi) is 9.41. The van der Waals surface area contributed by atoms with Crippen molar-refractivity contribution in [2.45, 2.75) is 20.0 Å². The number of halogens is 1. The number of ether oxygens (including phenoxy) is 1.